The molecule has 0 saturated carbocycles. The van der Waals surface area contributed by atoms with Crippen molar-refractivity contribution in [3.05, 3.63) is 71.8 Å². The Labute approximate surface area is 173 Å². The highest BCUT2D eigenvalue weighted by Crippen LogP contribution is 2.27. The summed E-state index contributed by atoms with van der Waals surface area (Å²) in [5, 5.41) is 10.9. The molecule has 4 aromatic rings. The molecule has 0 aliphatic heterocycles. The molecule has 7 heteroatoms. The maximum Gasteiger partial charge on any atom is 0.244 e. The molecule has 152 valence electrons. The van der Waals surface area contributed by atoms with Crippen LogP contribution in [0, 0.1) is 0 Å². The van der Waals surface area contributed by atoms with E-state index in [1.54, 1.807) is 13.2 Å². The standard InChI is InChI=1S/C23H22N4O3/c1-3-19-18(17-6-4-5-7-20(17)30-19)12-13-22(28)24-14-21-25-23(27-26-21)15-8-10-16(29-2)11-9-15/h4-13H,3,14H2,1-2H3,(H,24,28)(H,25,26,27)/b13-12+. The van der Waals surface area contributed by atoms with E-state index in [1.165, 1.54) is 6.08 Å². The molecular formula is C23H22N4O3. The first-order chi connectivity index (χ1) is 14.7. The SMILES string of the molecule is CCc1oc2ccccc2c1/C=C/C(=O)NCc1nc(-c2ccc(OC)cc2)n[nH]1. The summed E-state index contributed by atoms with van der Waals surface area (Å²) in [6.45, 7) is 2.28. The van der Waals surface area contributed by atoms with E-state index in [0.717, 1.165) is 40.0 Å². The number of rotatable bonds is 7. The Kier molecular flexibility index (Phi) is 5.61. The van der Waals surface area contributed by atoms with Crippen molar-refractivity contribution in [3.8, 4) is 17.1 Å². The first-order valence-electron chi connectivity index (χ1n) is 9.70. The average molecular weight is 402 g/mol. The highest BCUT2D eigenvalue weighted by molar-refractivity contribution is 5.96. The lowest BCUT2D eigenvalue weighted by molar-refractivity contribution is -0.116. The normalized spacial score (nSPS) is 11.3. The van der Waals surface area contributed by atoms with Crippen molar-refractivity contribution >= 4 is 23.0 Å². The number of carbonyl (C=O) groups is 1. The van der Waals surface area contributed by atoms with Crippen LogP contribution in [0.25, 0.3) is 28.4 Å². The van der Waals surface area contributed by atoms with Crippen LogP contribution in [0.5, 0.6) is 5.75 Å². The van der Waals surface area contributed by atoms with Gasteiger partial charge in [-0.15, -0.1) is 0 Å². The lowest BCUT2D eigenvalue weighted by Gasteiger charge is -2.00. The summed E-state index contributed by atoms with van der Waals surface area (Å²) in [5.74, 6) is 2.55. The minimum absolute atomic E-state index is 0.218. The molecule has 0 atom stereocenters. The van der Waals surface area contributed by atoms with Crippen LogP contribution in [0.3, 0.4) is 0 Å². The summed E-state index contributed by atoms with van der Waals surface area (Å²) in [6, 6.07) is 15.3. The topological polar surface area (TPSA) is 93.0 Å². The largest absolute Gasteiger partial charge is 0.497 e. The summed E-state index contributed by atoms with van der Waals surface area (Å²) < 4.78 is 11.0. The van der Waals surface area contributed by atoms with Crippen LogP contribution in [0.1, 0.15) is 24.1 Å². The van der Waals surface area contributed by atoms with Crippen LogP contribution in [-0.2, 0) is 17.8 Å². The molecule has 2 aromatic carbocycles. The Morgan fingerprint density at radius 2 is 2.00 bits per heavy atom. The molecule has 4 rings (SSSR count). The summed E-state index contributed by atoms with van der Waals surface area (Å²) >= 11 is 0. The molecule has 0 spiro atoms. The molecule has 0 saturated heterocycles. The summed E-state index contributed by atoms with van der Waals surface area (Å²) in [5.41, 5.74) is 2.62. The molecule has 1 amide bonds. The number of nitrogens with one attached hydrogen (secondary N) is 2. The number of hydrogen-bond donors (Lipinski definition) is 2. The van der Waals surface area contributed by atoms with Gasteiger partial charge in [-0.1, -0.05) is 25.1 Å². The van der Waals surface area contributed by atoms with Gasteiger partial charge in [0.2, 0.25) is 5.91 Å². The number of para-hydroxylation sites is 1. The fourth-order valence-electron chi connectivity index (χ4n) is 3.19. The van der Waals surface area contributed by atoms with E-state index in [-0.39, 0.29) is 12.5 Å². The maximum absolute atomic E-state index is 12.3. The van der Waals surface area contributed by atoms with Crippen molar-refractivity contribution in [1.29, 1.82) is 0 Å². The number of amides is 1. The fraction of sp³-hybridized carbons (Fsp3) is 0.174. The maximum atomic E-state index is 12.3. The van der Waals surface area contributed by atoms with Gasteiger partial charge in [-0.25, -0.2) is 4.98 Å². The monoisotopic (exact) mass is 402 g/mol. The number of hydrogen-bond acceptors (Lipinski definition) is 5. The minimum Gasteiger partial charge on any atom is -0.497 e. The molecular weight excluding hydrogens is 380 g/mol. The summed E-state index contributed by atoms with van der Waals surface area (Å²) in [6.07, 6.45) is 4.06. The second-order valence-corrected chi connectivity index (χ2v) is 6.67. The van der Waals surface area contributed by atoms with Crippen molar-refractivity contribution in [3.63, 3.8) is 0 Å². The fourth-order valence-corrected chi connectivity index (χ4v) is 3.19. The summed E-state index contributed by atoms with van der Waals surface area (Å²) in [7, 11) is 1.62. The van der Waals surface area contributed by atoms with Crippen molar-refractivity contribution in [2.75, 3.05) is 7.11 Å². The van der Waals surface area contributed by atoms with Crippen molar-refractivity contribution in [2.45, 2.75) is 19.9 Å². The second kappa shape index (κ2) is 8.65. The van der Waals surface area contributed by atoms with Gasteiger partial charge in [0.25, 0.3) is 0 Å². The zero-order valence-corrected chi connectivity index (χ0v) is 16.8. The molecule has 0 aliphatic carbocycles. The first-order valence-corrected chi connectivity index (χ1v) is 9.70. The zero-order valence-electron chi connectivity index (χ0n) is 16.8. The second-order valence-electron chi connectivity index (χ2n) is 6.67. The van der Waals surface area contributed by atoms with Gasteiger partial charge in [-0.2, -0.15) is 5.10 Å². The van der Waals surface area contributed by atoms with Crippen LogP contribution in [-0.4, -0.2) is 28.2 Å². The van der Waals surface area contributed by atoms with Gasteiger partial charge in [0.1, 0.15) is 22.9 Å². The molecule has 2 aromatic heterocycles. The first kappa shape index (κ1) is 19.4. The van der Waals surface area contributed by atoms with Crippen LogP contribution < -0.4 is 10.1 Å². The molecule has 0 fully saturated rings. The van der Waals surface area contributed by atoms with Crippen LogP contribution in [0.15, 0.2) is 59.0 Å². The number of aromatic amines is 1. The zero-order chi connectivity index (χ0) is 20.9. The summed E-state index contributed by atoms with van der Waals surface area (Å²) in [4.78, 5) is 16.7. The predicted molar refractivity (Wildman–Crippen MR) is 115 cm³/mol. The van der Waals surface area contributed by atoms with Crippen LogP contribution in [0.4, 0.5) is 0 Å². The molecule has 0 radical (unpaired) electrons. The van der Waals surface area contributed by atoms with Gasteiger partial charge in [-0.05, 0) is 36.4 Å². The third-order valence-electron chi connectivity index (χ3n) is 4.74. The van der Waals surface area contributed by atoms with Gasteiger partial charge in [-0.3, -0.25) is 9.89 Å². The molecule has 7 nitrogen and oxygen atoms in total. The number of aromatic nitrogens is 3. The highest BCUT2D eigenvalue weighted by atomic mass is 16.5. The Morgan fingerprint density at radius 1 is 1.20 bits per heavy atom. The molecule has 0 aliphatic rings. The number of H-pyrrole nitrogens is 1. The number of fused-ring (bicyclic) bond motifs is 1. The van der Waals surface area contributed by atoms with Gasteiger partial charge >= 0.3 is 0 Å². The number of ether oxygens (including phenoxy) is 1. The van der Waals surface area contributed by atoms with E-state index in [9.17, 15) is 4.79 Å². The number of aryl methyl sites for hydroxylation is 1. The molecule has 2 heterocycles. The van der Waals surface area contributed by atoms with Gasteiger partial charge in [0, 0.05) is 29.0 Å². The lowest BCUT2D eigenvalue weighted by Crippen LogP contribution is -2.21. The minimum atomic E-state index is -0.218. The number of nitrogens with zero attached hydrogens (tertiary/aromatic N) is 2. The smallest absolute Gasteiger partial charge is 0.244 e. The van der Waals surface area contributed by atoms with Crippen molar-refractivity contribution in [1.82, 2.24) is 20.5 Å². The number of furan rings is 1. The van der Waals surface area contributed by atoms with Gasteiger partial charge in [0.05, 0.1) is 13.7 Å². The molecule has 30 heavy (non-hydrogen) atoms. The predicted octanol–water partition coefficient (Wildman–Crippen LogP) is 4.12. The van der Waals surface area contributed by atoms with E-state index in [2.05, 4.69) is 20.5 Å². The van der Waals surface area contributed by atoms with E-state index in [1.807, 2.05) is 55.5 Å². The van der Waals surface area contributed by atoms with Crippen molar-refractivity contribution < 1.29 is 13.9 Å². The Balaban J connectivity index is 1.40. The van der Waals surface area contributed by atoms with E-state index < -0.39 is 0 Å². The number of benzene rings is 2. The molecule has 2 N–H and O–H groups in total. The van der Waals surface area contributed by atoms with Gasteiger partial charge < -0.3 is 14.5 Å². The van der Waals surface area contributed by atoms with E-state index >= 15 is 0 Å². The molecule has 0 bridgehead atoms. The van der Waals surface area contributed by atoms with Crippen LogP contribution >= 0.6 is 0 Å². The number of methoxy groups -OCH3 is 1. The van der Waals surface area contributed by atoms with E-state index in [4.69, 9.17) is 9.15 Å². The van der Waals surface area contributed by atoms with Crippen molar-refractivity contribution in [2.24, 2.45) is 0 Å². The van der Waals surface area contributed by atoms with E-state index in [0.29, 0.717) is 11.6 Å². The Bertz CT molecular complexity index is 1190. The third-order valence-corrected chi connectivity index (χ3v) is 4.74. The van der Waals surface area contributed by atoms with Gasteiger partial charge in [0.15, 0.2) is 5.82 Å². The Morgan fingerprint density at radius 3 is 2.77 bits per heavy atom. The lowest BCUT2D eigenvalue weighted by atomic mass is 10.1. The Hall–Kier alpha value is -3.87. The quantitative estimate of drug-likeness (QED) is 0.454. The molecule has 0 unspecified atom stereocenters. The highest BCUT2D eigenvalue weighted by Gasteiger charge is 2.11. The van der Waals surface area contributed by atoms with Crippen LogP contribution in [0.2, 0.25) is 0 Å². The third kappa shape index (κ3) is 4.10. The number of carbonyl (C=O) groups excluding carboxylic acids is 1. The average Bonchev–Trinajstić information content (AvgIpc) is 3.41.